The smallest absolute Gasteiger partial charge is 0.407 e. The number of halogens is 1. The number of likely N-dealkylation sites (N-methyl/N-ethyl adjacent to an activating group) is 1. The number of likely N-dealkylation sites (tertiary alicyclic amines) is 2. The Morgan fingerprint density at radius 1 is 0.787 bits per heavy atom. The van der Waals surface area contributed by atoms with E-state index < -0.39 is 24.3 Å². The van der Waals surface area contributed by atoms with Gasteiger partial charge in [0.1, 0.15) is 34.6 Å². The van der Waals surface area contributed by atoms with E-state index in [1.807, 2.05) is 76.9 Å². The summed E-state index contributed by atoms with van der Waals surface area (Å²) in [6.07, 6.45) is 3.06. The number of alkyl carbamates (subject to hydrolysis) is 1. The maximum atomic E-state index is 13.9. The number of nitrogens with zero attached hydrogens (tertiary/aromatic N) is 5. The Hall–Kier alpha value is -5.89. The maximum absolute atomic E-state index is 13.9. The third-order valence-corrected chi connectivity index (χ3v) is 12.7. The Bertz CT molecular complexity index is 2430. The van der Waals surface area contributed by atoms with Gasteiger partial charge in [0.2, 0.25) is 11.8 Å². The van der Waals surface area contributed by atoms with Crippen LogP contribution in [-0.2, 0) is 14.3 Å². The highest BCUT2D eigenvalue weighted by atomic mass is 35.5. The molecule has 0 bridgehead atoms. The van der Waals surface area contributed by atoms with Crippen molar-refractivity contribution >= 4 is 46.4 Å². The number of imidazole rings is 2. The van der Waals surface area contributed by atoms with Crippen molar-refractivity contribution in [2.75, 3.05) is 14.2 Å². The van der Waals surface area contributed by atoms with E-state index in [0.29, 0.717) is 28.9 Å². The average molecular weight is 851 g/mol. The summed E-state index contributed by atoms with van der Waals surface area (Å²) < 4.78 is 4.79. The van der Waals surface area contributed by atoms with Crippen LogP contribution in [0, 0.1) is 11.8 Å². The Kier molecular flexibility index (Phi) is 12.5. The molecule has 0 aliphatic carbocycles. The molecular weight excluding hydrogens is 796 g/mol. The molecule has 3 aromatic carbocycles. The van der Waals surface area contributed by atoms with E-state index in [-0.39, 0.29) is 47.8 Å². The van der Waals surface area contributed by atoms with E-state index >= 15 is 0 Å². The van der Waals surface area contributed by atoms with Gasteiger partial charge in [0, 0.05) is 30.3 Å². The molecule has 4 heterocycles. The SMILES string of the molecule is COC(=O)N[C@H](C(=O)N1C(C)CCC1c1ncc(-c2ccc3cc(-c4ccc(-c5nc([C@@H]6CC[C@H](C)N6C(=O)[C@H](C(C)C)N(C)C(=O)O)[nH]c5Cl)cc4)ccc3c2)[nH]1)C(C)C. The fourth-order valence-corrected chi connectivity index (χ4v) is 9.31. The van der Waals surface area contributed by atoms with E-state index in [0.717, 1.165) is 62.9 Å². The summed E-state index contributed by atoms with van der Waals surface area (Å²) in [6, 6.07) is 18.4. The van der Waals surface area contributed by atoms with Crippen molar-refractivity contribution in [1.29, 1.82) is 0 Å². The van der Waals surface area contributed by atoms with Gasteiger partial charge in [0.15, 0.2) is 0 Å². The number of aromatic nitrogens is 4. The first-order chi connectivity index (χ1) is 29.1. The Labute approximate surface area is 361 Å². The second-order valence-electron chi connectivity index (χ2n) is 17.1. The lowest BCUT2D eigenvalue weighted by Gasteiger charge is -2.36. The summed E-state index contributed by atoms with van der Waals surface area (Å²) in [5.74, 6) is 0.569. The number of methoxy groups -OCH3 is 1. The number of aromatic amines is 2. The van der Waals surface area contributed by atoms with Crippen LogP contribution in [-0.4, -0.2) is 102 Å². The molecule has 2 fully saturated rings. The topological polar surface area (TPSA) is 177 Å². The number of hydrogen-bond acceptors (Lipinski definition) is 7. The molecule has 322 valence electrons. The zero-order valence-electron chi connectivity index (χ0n) is 35.9. The van der Waals surface area contributed by atoms with E-state index in [2.05, 4.69) is 51.7 Å². The molecule has 2 saturated heterocycles. The van der Waals surface area contributed by atoms with Gasteiger partial charge in [-0.05, 0) is 85.4 Å². The number of H-pyrrole nitrogens is 2. The van der Waals surface area contributed by atoms with Gasteiger partial charge in [-0.2, -0.15) is 0 Å². The number of nitrogens with one attached hydrogen (secondary N) is 3. The predicted molar refractivity (Wildman–Crippen MR) is 235 cm³/mol. The Balaban J connectivity index is 1.06. The minimum absolute atomic E-state index is 0.0101. The summed E-state index contributed by atoms with van der Waals surface area (Å²) in [6.45, 7) is 11.5. The molecule has 14 nitrogen and oxygen atoms in total. The zero-order chi connectivity index (χ0) is 43.9. The van der Waals surface area contributed by atoms with Gasteiger partial charge in [-0.1, -0.05) is 87.8 Å². The molecule has 4 amide bonds. The highest BCUT2D eigenvalue weighted by molar-refractivity contribution is 6.32. The van der Waals surface area contributed by atoms with Crippen molar-refractivity contribution in [3.05, 3.63) is 83.7 Å². The molecule has 0 spiro atoms. The lowest BCUT2D eigenvalue weighted by Crippen LogP contribution is -2.53. The number of ether oxygens (including phenoxy) is 1. The maximum Gasteiger partial charge on any atom is 0.407 e. The molecule has 6 atom stereocenters. The van der Waals surface area contributed by atoms with E-state index in [1.54, 1.807) is 4.90 Å². The van der Waals surface area contributed by atoms with Crippen molar-refractivity contribution in [1.82, 2.24) is 40.0 Å². The fourth-order valence-electron chi connectivity index (χ4n) is 9.06. The lowest BCUT2D eigenvalue weighted by atomic mass is 9.98. The second kappa shape index (κ2) is 17.6. The minimum atomic E-state index is -1.15. The first-order valence-corrected chi connectivity index (χ1v) is 21.4. The van der Waals surface area contributed by atoms with Crippen LogP contribution < -0.4 is 5.32 Å². The van der Waals surface area contributed by atoms with Crippen molar-refractivity contribution in [3.8, 4) is 33.6 Å². The Morgan fingerprint density at radius 2 is 1.34 bits per heavy atom. The number of hydrogen-bond donors (Lipinski definition) is 4. The number of amides is 4. The molecule has 0 radical (unpaired) electrons. The van der Waals surface area contributed by atoms with Crippen LogP contribution in [0.25, 0.3) is 44.4 Å². The quantitative estimate of drug-likeness (QED) is 0.102. The number of carboxylic acid groups (broad SMARTS) is 1. The monoisotopic (exact) mass is 850 g/mol. The van der Waals surface area contributed by atoms with Gasteiger partial charge >= 0.3 is 12.2 Å². The number of fused-ring (bicyclic) bond motifs is 1. The van der Waals surface area contributed by atoms with Crippen LogP contribution in [0.2, 0.25) is 5.15 Å². The third kappa shape index (κ3) is 8.55. The summed E-state index contributed by atoms with van der Waals surface area (Å²) in [5.41, 5.74) is 5.31. The number of carbonyl (C=O) groups excluding carboxylic acids is 3. The largest absolute Gasteiger partial charge is 0.465 e. The van der Waals surface area contributed by atoms with E-state index in [9.17, 15) is 24.3 Å². The van der Waals surface area contributed by atoms with Crippen molar-refractivity contribution < 1.29 is 29.0 Å². The van der Waals surface area contributed by atoms with Crippen LogP contribution >= 0.6 is 11.6 Å². The van der Waals surface area contributed by atoms with Crippen LogP contribution in [0.1, 0.15) is 91.0 Å². The van der Waals surface area contributed by atoms with Crippen LogP contribution in [0.3, 0.4) is 0 Å². The van der Waals surface area contributed by atoms with Crippen molar-refractivity contribution in [2.45, 2.75) is 103 Å². The first-order valence-electron chi connectivity index (χ1n) is 21.0. The molecule has 2 aliphatic rings. The van der Waals surface area contributed by atoms with Crippen molar-refractivity contribution in [2.24, 2.45) is 11.8 Å². The van der Waals surface area contributed by atoms with Crippen molar-refractivity contribution in [3.63, 3.8) is 0 Å². The molecule has 0 saturated carbocycles. The van der Waals surface area contributed by atoms with E-state index in [1.165, 1.54) is 14.2 Å². The van der Waals surface area contributed by atoms with Gasteiger partial charge in [0.25, 0.3) is 0 Å². The molecule has 2 aliphatic heterocycles. The molecule has 7 rings (SSSR count). The zero-order valence-corrected chi connectivity index (χ0v) is 36.7. The van der Waals surface area contributed by atoms with Gasteiger partial charge in [-0.3, -0.25) is 14.5 Å². The molecular formula is C46H55ClN8O6. The summed E-state index contributed by atoms with van der Waals surface area (Å²) in [4.78, 5) is 72.7. The fraction of sp³-hybridized carbons (Fsp3) is 0.435. The molecule has 15 heteroatoms. The van der Waals surface area contributed by atoms with Gasteiger partial charge < -0.3 is 34.9 Å². The normalized spacial score (nSPS) is 20.0. The molecule has 61 heavy (non-hydrogen) atoms. The van der Waals surface area contributed by atoms with Gasteiger partial charge in [-0.25, -0.2) is 19.6 Å². The molecule has 5 aromatic rings. The summed E-state index contributed by atoms with van der Waals surface area (Å²) >= 11 is 6.76. The number of rotatable bonds is 11. The second-order valence-corrected chi connectivity index (χ2v) is 17.5. The highest BCUT2D eigenvalue weighted by Gasteiger charge is 2.44. The third-order valence-electron chi connectivity index (χ3n) is 12.4. The molecule has 2 unspecified atom stereocenters. The molecule has 2 aromatic heterocycles. The highest BCUT2D eigenvalue weighted by Crippen LogP contribution is 2.40. The lowest BCUT2D eigenvalue weighted by molar-refractivity contribution is -0.140. The first kappa shape index (κ1) is 43.2. The average Bonchev–Trinajstić information content (AvgIpc) is 4.05. The Morgan fingerprint density at radius 3 is 1.93 bits per heavy atom. The standard InChI is InChI=1S/C46H55ClN8O6/c1-24(2)37(51-45(58)61-8)43(56)54-26(5)9-19-35(54)41-48-23-34(49-41)33-18-17-31-21-30(15-16-32(31)22-33)28-11-13-29(14-12-28)38-40(47)52-42(50-38)36-20-10-27(6)55(36)44(57)39(25(3)4)53(7)46(59)60/h11-18,21-27,35-37,39H,9-10,19-20H2,1-8H3,(H,48,49)(H,50,52)(H,51,58)(H,59,60)/t26?,27-,35?,36-,37-,39-/m0/s1. The van der Waals surface area contributed by atoms with Crippen LogP contribution in [0.5, 0.6) is 0 Å². The number of benzene rings is 3. The van der Waals surface area contributed by atoms with E-state index in [4.69, 9.17) is 26.3 Å². The molecule has 4 N–H and O–H groups in total. The number of carbonyl (C=O) groups is 4. The minimum Gasteiger partial charge on any atom is -0.465 e. The van der Waals surface area contributed by atoms with Gasteiger partial charge in [-0.15, -0.1) is 0 Å². The predicted octanol–water partition coefficient (Wildman–Crippen LogP) is 9.06. The van der Waals surface area contributed by atoms with Crippen LogP contribution in [0.4, 0.5) is 9.59 Å². The summed E-state index contributed by atoms with van der Waals surface area (Å²) in [7, 11) is 2.73. The summed E-state index contributed by atoms with van der Waals surface area (Å²) in [5, 5.41) is 14.9. The van der Waals surface area contributed by atoms with Gasteiger partial charge in [0.05, 0.1) is 31.1 Å². The van der Waals surface area contributed by atoms with Crippen LogP contribution in [0.15, 0.2) is 66.9 Å².